The van der Waals surface area contributed by atoms with Crippen molar-refractivity contribution in [1.29, 1.82) is 0 Å². The van der Waals surface area contributed by atoms with Crippen molar-refractivity contribution in [1.82, 2.24) is 5.32 Å². The van der Waals surface area contributed by atoms with Crippen molar-refractivity contribution >= 4 is 5.91 Å². The number of methoxy groups -OCH3 is 1. The Balaban J connectivity index is 2.28. The zero-order valence-corrected chi connectivity index (χ0v) is 10.9. The summed E-state index contributed by atoms with van der Waals surface area (Å²) in [5.41, 5.74) is -0.109. The van der Waals surface area contributed by atoms with E-state index in [9.17, 15) is 15.0 Å². The van der Waals surface area contributed by atoms with Crippen LogP contribution in [0.15, 0.2) is 18.2 Å². The molecule has 0 heterocycles. The number of carbonyl (C=O) groups excluding carboxylic acids is 1. The Morgan fingerprint density at radius 2 is 1.89 bits per heavy atom. The van der Waals surface area contributed by atoms with Crippen LogP contribution in [0.2, 0.25) is 0 Å². The predicted molar refractivity (Wildman–Crippen MR) is 69.4 cm³/mol. The average molecular weight is 269 g/mol. The molecule has 0 spiro atoms. The van der Waals surface area contributed by atoms with E-state index in [2.05, 4.69) is 5.32 Å². The molecule has 0 aliphatic heterocycles. The molecule has 106 valence electrons. The van der Waals surface area contributed by atoms with Crippen molar-refractivity contribution < 1.29 is 24.5 Å². The van der Waals surface area contributed by atoms with Gasteiger partial charge < -0.3 is 25.0 Å². The van der Waals surface area contributed by atoms with Gasteiger partial charge in [-0.1, -0.05) is 6.07 Å². The first kappa shape index (κ1) is 15.3. The first-order valence-corrected chi connectivity index (χ1v) is 6.02. The number of aromatic hydroxyl groups is 2. The summed E-state index contributed by atoms with van der Waals surface area (Å²) < 4.78 is 10.1. The Hall–Kier alpha value is -1.79. The normalized spacial score (nSPS) is 10.4. The van der Waals surface area contributed by atoms with Crippen molar-refractivity contribution in [3.05, 3.63) is 23.8 Å². The van der Waals surface area contributed by atoms with Crippen LogP contribution in [-0.2, 0) is 9.47 Å². The lowest BCUT2D eigenvalue weighted by molar-refractivity contribution is 0.0688. The van der Waals surface area contributed by atoms with Gasteiger partial charge in [0.2, 0.25) is 0 Å². The summed E-state index contributed by atoms with van der Waals surface area (Å²) in [5, 5.41) is 21.6. The zero-order valence-electron chi connectivity index (χ0n) is 10.9. The molecule has 1 rings (SSSR count). The maximum Gasteiger partial charge on any atom is 0.258 e. The maximum absolute atomic E-state index is 11.7. The van der Waals surface area contributed by atoms with E-state index in [-0.39, 0.29) is 17.1 Å². The molecular formula is C13H19NO5. The van der Waals surface area contributed by atoms with Crippen molar-refractivity contribution in [2.24, 2.45) is 0 Å². The molecular weight excluding hydrogens is 250 g/mol. The highest BCUT2D eigenvalue weighted by atomic mass is 16.5. The molecule has 6 heteroatoms. The number of nitrogens with one attached hydrogen (secondary N) is 1. The van der Waals surface area contributed by atoms with E-state index in [0.29, 0.717) is 32.8 Å². The van der Waals surface area contributed by atoms with Crippen LogP contribution in [0, 0.1) is 0 Å². The van der Waals surface area contributed by atoms with Gasteiger partial charge in [-0.2, -0.15) is 0 Å². The zero-order chi connectivity index (χ0) is 14.1. The number of hydrogen-bond donors (Lipinski definition) is 3. The van der Waals surface area contributed by atoms with E-state index >= 15 is 0 Å². The topological polar surface area (TPSA) is 88.0 Å². The third kappa shape index (κ3) is 5.15. The van der Waals surface area contributed by atoms with Gasteiger partial charge in [-0.3, -0.25) is 4.79 Å². The standard InChI is InChI=1S/C13H19NO5/c1-18-8-9-19-7-3-6-14-13(17)12-10(15)4-2-5-11(12)16/h2,4-5,15-16H,3,6-9H2,1H3,(H,14,17). The first-order chi connectivity index (χ1) is 9.16. The molecule has 1 aromatic rings. The third-order valence-corrected chi connectivity index (χ3v) is 2.43. The van der Waals surface area contributed by atoms with Crippen LogP contribution >= 0.6 is 0 Å². The lowest BCUT2D eigenvalue weighted by Crippen LogP contribution is -2.25. The Morgan fingerprint density at radius 1 is 1.21 bits per heavy atom. The molecule has 0 unspecified atom stereocenters. The predicted octanol–water partition coefficient (Wildman–Crippen LogP) is 0.881. The summed E-state index contributed by atoms with van der Waals surface area (Å²) >= 11 is 0. The molecule has 0 saturated heterocycles. The number of phenolic OH excluding ortho intramolecular Hbond substituents is 2. The highest BCUT2D eigenvalue weighted by Crippen LogP contribution is 2.25. The largest absolute Gasteiger partial charge is 0.507 e. The van der Waals surface area contributed by atoms with Gasteiger partial charge in [-0.05, 0) is 18.6 Å². The molecule has 3 N–H and O–H groups in total. The van der Waals surface area contributed by atoms with Gasteiger partial charge in [-0.15, -0.1) is 0 Å². The first-order valence-electron chi connectivity index (χ1n) is 6.02. The van der Waals surface area contributed by atoms with Crippen molar-refractivity contribution in [3.63, 3.8) is 0 Å². The lowest BCUT2D eigenvalue weighted by Gasteiger charge is -2.08. The minimum Gasteiger partial charge on any atom is -0.507 e. The quantitative estimate of drug-likeness (QED) is 0.610. The highest BCUT2D eigenvalue weighted by Gasteiger charge is 2.14. The highest BCUT2D eigenvalue weighted by molar-refractivity contribution is 5.99. The number of benzene rings is 1. The van der Waals surface area contributed by atoms with Gasteiger partial charge in [0.15, 0.2) is 0 Å². The van der Waals surface area contributed by atoms with Gasteiger partial charge in [0, 0.05) is 20.3 Å². The Bertz CT molecular complexity index is 388. The number of ether oxygens (including phenoxy) is 2. The fourth-order valence-electron chi connectivity index (χ4n) is 1.47. The summed E-state index contributed by atoms with van der Waals surface area (Å²) in [6.45, 7) is 1.97. The summed E-state index contributed by atoms with van der Waals surface area (Å²) in [6.07, 6.45) is 0.643. The fraction of sp³-hybridized carbons (Fsp3) is 0.462. The van der Waals surface area contributed by atoms with Crippen LogP contribution in [0.25, 0.3) is 0 Å². The molecule has 19 heavy (non-hydrogen) atoms. The van der Waals surface area contributed by atoms with Crippen LogP contribution in [0.1, 0.15) is 16.8 Å². The van der Waals surface area contributed by atoms with Gasteiger partial charge >= 0.3 is 0 Å². The van der Waals surface area contributed by atoms with Crippen molar-refractivity contribution in [3.8, 4) is 11.5 Å². The van der Waals surface area contributed by atoms with Crippen LogP contribution in [-0.4, -0.2) is 49.6 Å². The van der Waals surface area contributed by atoms with Gasteiger partial charge in [0.05, 0.1) is 13.2 Å². The molecule has 0 aliphatic rings. The van der Waals surface area contributed by atoms with Crippen LogP contribution in [0.5, 0.6) is 11.5 Å². The van der Waals surface area contributed by atoms with Crippen molar-refractivity contribution in [2.45, 2.75) is 6.42 Å². The molecule has 0 fully saturated rings. The molecule has 6 nitrogen and oxygen atoms in total. The molecule has 0 saturated carbocycles. The molecule has 0 atom stereocenters. The second kappa shape index (κ2) is 8.34. The number of phenols is 2. The molecule has 1 amide bonds. The van der Waals surface area contributed by atoms with E-state index in [0.717, 1.165) is 0 Å². The number of amides is 1. The molecule has 1 aromatic carbocycles. The van der Waals surface area contributed by atoms with Crippen LogP contribution in [0.4, 0.5) is 0 Å². The van der Waals surface area contributed by atoms with Crippen LogP contribution in [0.3, 0.4) is 0 Å². The van der Waals surface area contributed by atoms with E-state index in [1.54, 1.807) is 7.11 Å². The second-order valence-electron chi connectivity index (χ2n) is 3.89. The average Bonchev–Trinajstić information content (AvgIpc) is 2.37. The van der Waals surface area contributed by atoms with E-state index in [1.807, 2.05) is 0 Å². The monoisotopic (exact) mass is 269 g/mol. The summed E-state index contributed by atoms with van der Waals surface area (Å²) in [6, 6.07) is 4.16. The van der Waals surface area contributed by atoms with Gasteiger partial charge in [0.1, 0.15) is 17.1 Å². The third-order valence-electron chi connectivity index (χ3n) is 2.43. The summed E-state index contributed by atoms with van der Waals surface area (Å²) in [4.78, 5) is 11.7. The Labute approximate surface area is 112 Å². The minimum atomic E-state index is -0.507. The summed E-state index contributed by atoms with van der Waals surface area (Å²) in [7, 11) is 1.60. The smallest absolute Gasteiger partial charge is 0.258 e. The van der Waals surface area contributed by atoms with Gasteiger partial charge in [0.25, 0.3) is 5.91 Å². The molecule has 0 radical (unpaired) electrons. The minimum absolute atomic E-state index is 0.109. The van der Waals surface area contributed by atoms with Gasteiger partial charge in [-0.25, -0.2) is 0 Å². The van der Waals surface area contributed by atoms with Crippen molar-refractivity contribution in [2.75, 3.05) is 33.5 Å². The fourth-order valence-corrected chi connectivity index (χ4v) is 1.47. The van der Waals surface area contributed by atoms with E-state index < -0.39 is 5.91 Å². The SMILES string of the molecule is COCCOCCCNC(=O)c1c(O)cccc1O. The van der Waals surface area contributed by atoms with E-state index in [1.165, 1.54) is 18.2 Å². The summed E-state index contributed by atoms with van der Waals surface area (Å²) in [5.74, 6) is -0.991. The molecule has 0 bridgehead atoms. The Kier molecular flexibility index (Phi) is 6.70. The van der Waals surface area contributed by atoms with E-state index in [4.69, 9.17) is 9.47 Å². The number of carbonyl (C=O) groups is 1. The lowest BCUT2D eigenvalue weighted by atomic mass is 10.1. The molecule has 0 aliphatic carbocycles. The number of hydrogen-bond acceptors (Lipinski definition) is 5. The number of rotatable bonds is 8. The maximum atomic E-state index is 11.7. The second-order valence-corrected chi connectivity index (χ2v) is 3.89. The Morgan fingerprint density at radius 3 is 2.53 bits per heavy atom. The van der Waals surface area contributed by atoms with Crippen LogP contribution < -0.4 is 5.32 Å². The molecule has 0 aromatic heterocycles.